The van der Waals surface area contributed by atoms with Crippen LogP contribution in [0.3, 0.4) is 0 Å². The van der Waals surface area contributed by atoms with E-state index in [-0.39, 0.29) is 29.5 Å². The zero-order valence-electron chi connectivity index (χ0n) is 11.8. The molecule has 124 valence electrons. The molecule has 2 rings (SSSR count). The summed E-state index contributed by atoms with van der Waals surface area (Å²) in [4.78, 5) is 35.1. The van der Waals surface area contributed by atoms with Gasteiger partial charge in [-0.2, -0.15) is 0 Å². The molecule has 0 bridgehead atoms. The summed E-state index contributed by atoms with van der Waals surface area (Å²) >= 11 is 3.03. The van der Waals surface area contributed by atoms with Gasteiger partial charge in [0.05, 0.1) is 10.4 Å². The first-order valence-corrected chi connectivity index (χ1v) is 7.53. The van der Waals surface area contributed by atoms with Gasteiger partial charge in [-0.05, 0) is 28.4 Å². The van der Waals surface area contributed by atoms with Gasteiger partial charge in [0.25, 0.3) is 0 Å². The van der Waals surface area contributed by atoms with Gasteiger partial charge in [-0.25, -0.2) is 9.18 Å². The second-order valence-corrected chi connectivity index (χ2v) is 6.01. The monoisotopic (exact) mass is 388 g/mol. The van der Waals surface area contributed by atoms with Crippen molar-refractivity contribution >= 4 is 33.9 Å². The first-order valence-electron chi connectivity index (χ1n) is 6.74. The number of hydrogen-bond donors (Lipinski definition) is 3. The zero-order valence-corrected chi connectivity index (χ0v) is 13.4. The number of carboxylic acid groups (broad SMARTS) is 2. The number of aliphatic carboxylic acids is 1. The van der Waals surface area contributed by atoms with Gasteiger partial charge in [-0.15, -0.1) is 0 Å². The van der Waals surface area contributed by atoms with Gasteiger partial charge >= 0.3 is 12.1 Å². The van der Waals surface area contributed by atoms with E-state index in [1.54, 1.807) is 6.07 Å². The first kappa shape index (κ1) is 17.2. The smallest absolute Gasteiger partial charge is 0.408 e. The Bertz CT molecular complexity index is 654. The molecule has 2 atom stereocenters. The molecule has 7 nitrogen and oxygen atoms in total. The molecule has 3 N–H and O–H groups in total. The lowest BCUT2D eigenvalue weighted by Crippen LogP contribution is -2.45. The van der Waals surface area contributed by atoms with Crippen LogP contribution in [0, 0.1) is 11.7 Å². The molecule has 0 saturated carbocycles. The Morgan fingerprint density at radius 3 is 2.65 bits per heavy atom. The van der Waals surface area contributed by atoms with E-state index in [0.717, 1.165) is 4.90 Å². The number of nitrogens with one attached hydrogen (secondary N) is 1. The van der Waals surface area contributed by atoms with E-state index < -0.39 is 35.7 Å². The number of rotatable bonds is 4. The summed E-state index contributed by atoms with van der Waals surface area (Å²) in [5.74, 6) is -3.23. The van der Waals surface area contributed by atoms with Crippen molar-refractivity contribution in [2.45, 2.75) is 19.0 Å². The summed E-state index contributed by atoms with van der Waals surface area (Å²) in [5, 5.41) is 20.5. The molecule has 0 radical (unpaired) electrons. The van der Waals surface area contributed by atoms with Crippen molar-refractivity contribution in [2.24, 2.45) is 5.92 Å². The molecule has 9 heteroatoms. The lowest BCUT2D eigenvalue weighted by atomic mass is 10.1. The van der Waals surface area contributed by atoms with Gasteiger partial charge in [0.1, 0.15) is 11.9 Å². The van der Waals surface area contributed by atoms with Crippen LogP contribution in [0.15, 0.2) is 22.7 Å². The maximum absolute atomic E-state index is 13.8. The van der Waals surface area contributed by atoms with E-state index in [1.807, 2.05) is 0 Å². The fourth-order valence-electron chi connectivity index (χ4n) is 2.46. The minimum atomic E-state index is -1.36. The molecular formula is C14H14BrFN2O5. The maximum Gasteiger partial charge on any atom is 0.408 e. The van der Waals surface area contributed by atoms with Crippen molar-refractivity contribution in [1.29, 1.82) is 0 Å². The fraction of sp³-hybridized carbons (Fsp3) is 0.357. The topological polar surface area (TPSA) is 107 Å². The number of benzene rings is 1. The Labute approximate surface area is 139 Å². The molecule has 23 heavy (non-hydrogen) atoms. The third-order valence-corrected chi connectivity index (χ3v) is 4.30. The first-order chi connectivity index (χ1) is 10.8. The Balaban J connectivity index is 2.05. The summed E-state index contributed by atoms with van der Waals surface area (Å²) in [6.45, 7) is -0.361. The van der Waals surface area contributed by atoms with E-state index in [1.165, 1.54) is 12.1 Å². The van der Waals surface area contributed by atoms with Crippen LogP contribution in [0.5, 0.6) is 0 Å². The average molecular weight is 389 g/mol. The lowest BCUT2D eigenvalue weighted by Gasteiger charge is -2.20. The standard InChI is InChI=1S/C14H14BrFN2O5/c15-9-3-1-2-7(11(9)16)5-17-12(19)10-4-8(13(20)21)6-18(10)14(22)23/h1-3,8,10H,4-6H2,(H,17,19)(H,20,21)(H,22,23)/t8-,10-/m0/s1. The van der Waals surface area contributed by atoms with Crippen molar-refractivity contribution in [2.75, 3.05) is 6.54 Å². The minimum absolute atomic E-state index is 0.103. The SMILES string of the molecule is O=C(O)[C@H]1C[C@@H](C(=O)NCc2cccc(Br)c2F)N(C(=O)O)C1. The summed E-state index contributed by atoms with van der Waals surface area (Å²) in [7, 11) is 0. The molecule has 1 aromatic rings. The highest BCUT2D eigenvalue weighted by atomic mass is 79.9. The summed E-state index contributed by atoms with van der Waals surface area (Å²) < 4.78 is 14.1. The molecule has 1 fully saturated rings. The van der Waals surface area contributed by atoms with E-state index in [0.29, 0.717) is 0 Å². The lowest BCUT2D eigenvalue weighted by molar-refractivity contribution is -0.141. The summed E-state index contributed by atoms with van der Waals surface area (Å²) in [6.07, 6.45) is -1.46. The van der Waals surface area contributed by atoms with Crippen molar-refractivity contribution in [3.63, 3.8) is 0 Å². The number of likely N-dealkylation sites (tertiary alicyclic amines) is 1. The number of halogens is 2. The second-order valence-electron chi connectivity index (χ2n) is 5.15. The molecule has 0 unspecified atom stereocenters. The zero-order chi connectivity index (χ0) is 17.1. The highest BCUT2D eigenvalue weighted by molar-refractivity contribution is 9.10. The van der Waals surface area contributed by atoms with Crippen molar-refractivity contribution in [3.05, 3.63) is 34.1 Å². The van der Waals surface area contributed by atoms with Crippen LogP contribution in [0.25, 0.3) is 0 Å². The second kappa shape index (κ2) is 6.95. The summed E-state index contributed by atoms with van der Waals surface area (Å²) in [5.41, 5.74) is 0.238. The van der Waals surface area contributed by atoms with Gasteiger partial charge in [0, 0.05) is 18.7 Å². The number of amides is 2. The predicted molar refractivity (Wildman–Crippen MR) is 80.2 cm³/mol. The molecule has 1 aliphatic heterocycles. The molecule has 1 saturated heterocycles. The molecule has 2 amide bonds. The van der Waals surface area contributed by atoms with E-state index >= 15 is 0 Å². The predicted octanol–water partition coefficient (Wildman–Crippen LogP) is 1.66. The fourth-order valence-corrected chi connectivity index (χ4v) is 2.87. The highest BCUT2D eigenvalue weighted by Crippen LogP contribution is 2.24. The average Bonchev–Trinajstić information content (AvgIpc) is 2.94. The number of carboxylic acids is 1. The Morgan fingerprint density at radius 2 is 2.04 bits per heavy atom. The van der Waals surface area contributed by atoms with E-state index in [4.69, 9.17) is 10.2 Å². The van der Waals surface area contributed by atoms with Gasteiger partial charge in [0.2, 0.25) is 5.91 Å². The molecule has 0 aromatic heterocycles. The molecule has 1 aromatic carbocycles. The molecule has 1 heterocycles. The number of nitrogens with zero attached hydrogens (tertiary/aromatic N) is 1. The largest absolute Gasteiger partial charge is 0.481 e. The normalized spacial score (nSPS) is 20.3. The Kier molecular flexibility index (Phi) is 5.19. The van der Waals surface area contributed by atoms with Crippen molar-refractivity contribution in [3.8, 4) is 0 Å². The third-order valence-electron chi connectivity index (χ3n) is 3.68. The van der Waals surface area contributed by atoms with Crippen LogP contribution in [-0.4, -0.2) is 45.7 Å². The van der Waals surface area contributed by atoms with Crippen LogP contribution in [0.2, 0.25) is 0 Å². The van der Waals surface area contributed by atoms with Crippen LogP contribution >= 0.6 is 15.9 Å². The molecule has 1 aliphatic rings. The molecule has 0 spiro atoms. The number of carbonyl (C=O) groups is 3. The highest BCUT2D eigenvalue weighted by Gasteiger charge is 2.42. The van der Waals surface area contributed by atoms with Gasteiger partial charge in [-0.3, -0.25) is 14.5 Å². The van der Waals surface area contributed by atoms with Gasteiger partial charge in [-0.1, -0.05) is 12.1 Å². The van der Waals surface area contributed by atoms with Crippen LogP contribution in [0.1, 0.15) is 12.0 Å². The summed E-state index contributed by atoms with van der Waals surface area (Å²) in [6, 6.07) is 3.52. The molecule has 0 aliphatic carbocycles. The maximum atomic E-state index is 13.8. The van der Waals surface area contributed by atoms with E-state index in [9.17, 15) is 18.8 Å². The Morgan fingerprint density at radius 1 is 1.35 bits per heavy atom. The Hall–Kier alpha value is -2.16. The molecular weight excluding hydrogens is 375 g/mol. The number of hydrogen-bond acceptors (Lipinski definition) is 3. The van der Waals surface area contributed by atoms with Gasteiger partial charge < -0.3 is 15.5 Å². The quantitative estimate of drug-likeness (QED) is 0.726. The number of carbonyl (C=O) groups excluding carboxylic acids is 1. The van der Waals surface area contributed by atoms with Crippen molar-refractivity contribution < 1.29 is 29.0 Å². The minimum Gasteiger partial charge on any atom is -0.481 e. The van der Waals surface area contributed by atoms with E-state index in [2.05, 4.69) is 21.2 Å². The van der Waals surface area contributed by atoms with Crippen LogP contribution < -0.4 is 5.32 Å². The van der Waals surface area contributed by atoms with Crippen LogP contribution in [0.4, 0.5) is 9.18 Å². The van der Waals surface area contributed by atoms with Crippen LogP contribution in [-0.2, 0) is 16.1 Å². The third kappa shape index (κ3) is 3.79. The van der Waals surface area contributed by atoms with Gasteiger partial charge in [0.15, 0.2) is 0 Å². The van der Waals surface area contributed by atoms with Crippen molar-refractivity contribution in [1.82, 2.24) is 10.2 Å².